The zero-order valence-corrected chi connectivity index (χ0v) is 34.1. The minimum atomic E-state index is -0.745. The van der Waals surface area contributed by atoms with E-state index in [1.807, 2.05) is 33.0 Å². The lowest BCUT2D eigenvalue weighted by atomic mass is 9.96. The van der Waals surface area contributed by atoms with Crippen LogP contribution in [0.5, 0.6) is 5.75 Å². The Morgan fingerprint density at radius 1 is 1.04 bits per heavy atom. The number of aliphatic carboxylic acids is 1. The molecule has 2 heterocycles. The number of aryl methyl sites for hydroxylation is 1. The average molecular weight is 762 g/mol. The summed E-state index contributed by atoms with van der Waals surface area (Å²) in [5, 5.41) is 25.8. The molecular weight excluding hydrogens is 695 g/mol. The van der Waals surface area contributed by atoms with Crippen molar-refractivity contribution in [2.75, 3.05) is 40.0 Å². The van der Waals surface area contributed by atoms with Crippen LogP contribution in [0.2, 0.25) is 0 Å². The number of piperidine rings is 1. The summed E-state index contributed by atoms with van der Waals surface area (Å²) in [7, 11) is 1.98. The van der Waals surface area contributed by atoms with Crippen molar-refractivity contribution in [1.82, 2.24) is 25.4 Å². The van der Waals surface area contributed by atoms with Crippen molar-refractivity contribution in [3.05, 3.63) is 45.9 Å². The number of aromatic nitrogens is 1. The minimum Gasteiger partial charge on any atom is -0.508 e. The molecule has 0 radical (unpaired) electrons. The average Bonchev–Trinajstić information content (AvgIpc) is 3.63. The third-order valence-electron chi connectivity index (χ3n) is 8.84. The lowest BCUT2D eigenvalue weighted by Gasteiger charge is -2.35. The molecule has 1 aliphatic rings. The van der Waals surface area contributed by atoms with E-state index >= 15 is 0 Å². The Labute approximate surface area is 322 Å². The normalized spacial score (nSPS) is 15.1. The van der Waals surface area contributed by atoms with E-state index < -0.39 is 12.0 Å². The molecule has 3 rings (SSSR count). The number of nitrogens with zero attached hydrogens (tertiary/aromatic N) is 3. The van der Waals surface area contributed by atoms with E-state index in [0.717, 1.165) is 62.1 Å². The lowest BCUT2D eigenvalue weighted by molar-refractivity contribution is -0.144. The fourth-order valence-corrected chi connectivity index (χ4v) is 6.25. The van der Waals surface area contributed by atoms with Crippen LogP contribution < -0.4 is 10.6 Å². The zero-order valence-electron chi connectivity index (χ0n) is 33.3. The van der Waals surface area contributed by atoms with Crippen LogP contribution in [0.15, 0.2) is 29.6 Å². The summed E-state index contributed by atoms with van der Waals surface area (Å²) in [6.07, 6.45) is 10.2. The number of nitrogens with one attached hydrogen (secondary N) is 2. The first kappa shape index (κ1) is 47.5. The maximum atomic E-state index is 14.0. The maximum absolute atomic E-state index is 14.0. The number of benzene rings is 1. The Hall–Kier alpha value is -3.55. The van der Waals surface area contributed by atoms with Crippen LogP contribution in [0.4, 0.5) is 0 Å². The molecule has 1 aromatic heterocycles. The van der Waals surface area contributed by atoms with Gasteiger partial charge in [-0.15, -0.1) is 11.3 Å². The van der Waals surface area contributed by atoms with Crippen molar-refractivity contribution in [2.45, 2.75) is 131 Å². The van der Waals surface area contributed by atoms with Crippen molar-refractivity contribution in [3.8, 4) is 5.75 Å². The molecule has 1 saturated heterocycles. The van der Waals surface area contributed by atoms with Gasteiger partial charge in [-0.25, -0.2) is 4.98 Å². The van der Waals surface area contributed by atoms with Crippen LogP contribution in [0.3, 0.4) is 0 Å². The first-order valence-electron chi connectivity index (χ1n) is 19.5. The molecule has 13 heteroatoms. The highest BCUT2D eigenvalue weighted by Gasteiger charge is 2.34. The Balaban J connectivity index is 0.00000159. The van der Waals surface area contributed by atoms with E-state index in [4.69, 9.17) is 9.84 Å². The van der Waals surface area contributed by atoms with Gasteiger partial charge >= 0.3 is 5.97 Å². The molecule has 53 heavy (non-hydrogen) atoms. The number of ether oxygens (including phenoxy) is 1. The van der Waals surface area contributed by atoms with Crippen LogP contribution in [-0.2, 0) is 32.0 Å². The van der Waals surface area contributed by atoms with Gasteiger partial charge in [-0.3, -0.25) is 24.1 Å². The summed E-state index contributed by atoms with van der Waals surface area (Å²) in [4.78, 5) is 57.6. The SMILES string of the molecule is CCC.CCC(=O)O.CCCCCOCN(CCCc1nc(C(=O)NCCc2ccc(O)cc2)cs1)C(=O)C(NC(=O)C1CCCCN1C)C(C)CC. The summed E-state index contributed by atoms with van der Waals surface area (Å²) < 4.78 is 5.94. The Morgan fingerprint density at radius 3 is 2.32 bits per heavy atom. The number of phenolic OH excluding ortho intramolecular Hbond substituents is 1. The quantitative estimate of drug-likeness (QED) is 0.0855. The smallest absolute Gasteiger partial charge is 0.303 e. The van der Waals surface area contributed by atoms with Gasteiger partial charge < -0.3 is 30.5 Å². The van der Waals surface area contributed by atoms with Crippen LogP contribution in [0.1, 0.15) is 127 Å². The minimum absolute atomic E-state index is 0.0213. The molecular formula is C40H67N5O7S. The number of amides is 3. The standard InChI is InChI=1S/C34H53N5O5S.C3H6O2.C3H8/c1-5-7-10-22-44-24-39(34(43)31(25(3)6-2)37-33(42)29-12-8-9-20-38(29)4)21-11-13-30-36-28(23-45-30)32(41)35-19-18-26-14-16-27(40)17-15-26;1-2-3(4)5;1-3-2/h14-17,23,25,29,31,40H,5-13,18-22,24H2,1-4H3,(H,35,41)(H,37,42);2H2,1H3,(H,4,5);3H2,1-2H3. The first-order chi connectivity index (χ1) is 25.4. The topological polar surface area (TPSA) is 161 Å². The molecule has 1 aliphatic heterocycles. The van der Waals surface area contributed by atoms with E-state index in [0.29, 0.717) is 44.7 Å². The first-order valence-corrected chi connectivity index (χ1v) is 20.4. The number of hydrogen-bond acceptors (Lipinski definition) is 9. The second-order valence-corrected chi connectivity index (χ2v) is 14.5. The van der Waals surface area contributed by atoms with Crippen molar-refractivity contribution in [1.29, 1.82) is 0 Å². The fourth-order valence-electron chi connectivity index (χ4n) is 5.43. The molecule has 0 bridgehead atoms. The monoisotopic (exact) mass is 761 g/mol. The van der Waals surface area contributed by atoms with Gasteiger partial charge in [0.25, 0.3) is 5.91 Å². The zero-order chi connectivity index (χ0) is 39.6. The predicted octanol–water partition coefficient (Wildman–Crippen LogP) is 6.66. The fraction of sp³-hybridized carbons (Fsp3) is 0.675. The van der Waals surface area contributed by atoms with Gasteiger partial charge in [-0.2, -0.15) is 0 Å². The largest absolute Gasteiger partial charge is 0.508 e. The Morgan fingerprint density at radius 2 is 1.72 bits per heavy atom. The highest BCUT2D eigenvalue weighted by Crippen LogP contribution is 2.19. The summed E-state index contributed by atoms with van der Waals surface area (Å²) in [6.45, 7) is 14.6. The van der Waals surface area contributed by atoms with Gasteiger partial charge in [0, 0.05) is 37.9 Å². The molecule has 0 spiro atoms. The number of likely N-dealkylation sites (N-methyl/N-ethyl adjacent to an activating group) is 1. The van der Waals surface area contributed by atoms with Gasteiger partial charge in [0.1, 0.15) is 24.2 Å². The third-order valence-corrected chi connectivity index (χ3v) is 9.75. The van der Waals surface area contributed by atoms with Crippen LogP contribution in [0.25, 0.3) is 0 Å². The maximum Gasteiger partial charge on any atom is 0.303 e. The molecule has 12 nitrogen and oxygen atoms in total. The molecule has 0 saturated carbocycles. The molecule has 4 N–H and O–H groups in total. The number of phenols is 1. The number of thiazole rings is 1. The highest BCUT2D eigenvalue weighted by atomic mass is 32.1. The molecule has 1 fully saturated rings. The Bertz CT molecular complexity index is 1320. The number of hydrogen-bond donors (Lipinski definition) is 4. The van der Waals surface area contributed by atoms with Crippen LogP contribution in [0, 0.1) is 5.92 Å². The van der Waals surface area contributed by atoms with Crippen molar-refractivity contribution in [3.63, 3.8) is 0 Å². The second kappa shape index (κ2) is 28.0. The lowest BCUT2D eigenvalue weighted by Crippen LogP contribution is -2.57. The van der Waals surface area contributed by atoms with Crippen molar-refractivity contribution in [2.24, 2.45) is 5.92 Å². The molecule has 3 amide bonds. The number of carbonyl (C=O) groups is 4. The van der Waals surface area contributed by atoms with E-state index in [9.17, 15) is 24.3 Å². The summed E-state index contributed by atoms with van der Waals surface area (Å²) in [5.74, 6) is -0.952. The van der Waals surface area contributed by atoms with Crippen molar-refractivity contribution >= 4 is 35.0 Å². The number of aromatic hydroxyl groups is 1. The van der Waals surface area contributed by atoms with Gasteiger partial charge in [0.2, 0.25) is 11.8 Å². The van der Waals surface area contributed by atoms with Gasteiger partial charge in [0.05, 0.1) is 11.0 Å². The molecule has 2 aromatic rings. The van der Waals surface area contributed by atoms with E-state index in [1.165, 1.54) is 17.8 Å². The Kier molecular flexibility index (Phi) is 25.1. The van der Waals surface area contributed by atoms with E-state index in [-0.39, 0.29) is 48.6 Å². The van der Waals surface area contributed by atoms with Gasteiger partial charge in [-0.05, 0) is 69.3 Å². The van der Waals surface area contributed by atoms with Crippen LogP contribution >= 0.6 is 11.3 Å². The number of carbonyl (C=O) groups excluding carboxylic acids is 3. The number of likely N-dealkylation sites (tertiary alicyclic amines) is 1. The number of carboxylic acids is 1. The van der Waals surface area contributed by atoms with Gasteiger partial charge in [0.15, 0.2) is 0 Å². The van der Waals surface area contributed by atoms with E-state index in [2.05, 4.69) is 41.3 Å². The number of carboxylic acid groups (broad SMARTS) is 1. The molecule has 3 unspecified atom stereocenters. The van der Waals surface area contributed by atoms with Crippen molar-refractivity contribution < 1.29 is 34.1 Å². The summed E-state index contributed by atoms with van der Waals surface area (Å²) in [5.41, 5.74) is 1.41. The number of unbranched alkanes of at least 4 members (excludes halogenated alkanes) is 2. The molecule has 1 aromatic carbocycles. The summed E-state index contributed by atoms with van der Waals surface area (Å²) in [6, 6.07) is 6.11. The van der Waals surface area contributed by atoms with E-state index in [1.54, 1.807) is 29.3 Å². The van der Waals surface area contributed by atoms with Crippen LogP contribution in [-0.4, -0.2) is 101 Å². The predicted molar refractivity (Wildman–Crippen MR) is 212 cm³/mol. The highest BCUT2D eigenvalue weighted by molar-refractivity contribution is 7.09. The summed E-state index contributed by atoms with van der Waals surface area (Å²) >= 11 is 1.44. The molecule has 300 valence electrons. The molecule has 0 aliphatic carbocycles. The second-order valence-electron chi connectivity index (χ2n) is 13.6. The third kappa shape index (κ3) is 19.4. The van der Waals surface area contributed by atoms with Gasteiger partial charge in [-0.1, -0.05) is 85.8 Å². The molecule has 3 atom stereocenters. The number of rotatable bonds is 20.